The maximum Gasteiger partial charge on any atom is 0.165 e. The minimum Gasteiger partial charge on any atom is -0.488 e. The summed E-state index contributed by atoms with van der Waals surface area (Å²) in [5.74, 6) is 0.275. The summed E-state index contributed by atoms with van der Waals surface area (Å²) in [6.07, 6.45) is 0.829. The Morgan fingerprint density at radius 3 is 2.32 bits per heavy atom. The van der Waals surface area contributed by atoms with Crippen molar-refractivity contribution in [2.24, 2.45) is 11.1 Å². The van der Waals surface area contributed by atoms with E-state index in [0.29, 0.717) is 12.3 Å². The topological polar surface area (TPSA) is 35.2 Å². The molecule has 0 heterocycles. The fraction of sp³-hybridized carbons (Fsp3) is 0.625. The lowest BCUT2D eigenvalue weighted by Crippen LogP contribution is -2.21. The van der Waals surface area contributed by atoms with Crippen molar-refractivity contribution in [2.75, 3.05) is 6.54 Å². The van der Waals surface area contributed by atoms with E-state index in [-0.39, 0.29) is 23.3 Å². The van der Waals surface area contributed by atoms with Crippen LogP contribution in [0.15, 0.2) is 18.2 Å². The molecule has 0 aliphatic rings. The Morgan fingerprint density at radius 1 is 1.26 bits per heavy atom. The lowest BCUT2D eigenvalue weighted by atomic mass is 9.74. The van der Waals surface area contributed by atoms with Crippen LogP contribution in [0.5, 0.6) is 5.75 Å². The van der Waals surface area contributed by atoms with Crippen molar-refractivity contribution in [1.82, 2.24) is 0 Å². The highest BCUT2D eigenvalue weighted by Crippen LogP contribution is 2.38. The second-order valence-electron chi connectivity index (χ2n) is 6.35. The average molecular weight is 267 g/mol. The second kappa shape index (κ2) is 6.38. The average Bonchev–Trinajstić information content (AvgIpc) is 2.27. The molecule has 2 N–H and O–H groups in total. The standard InChI is InChI=1S/C16H26FNO/c1-11(2)19-15-7-6-12(10-14(15)17)13(8-9-18)16(3,4)5/h6-7,10-11,13H,8-9,18H2,1-5H3. The van der Waals surface area contributed by atoms with Crippen molar-refractivity contribution in [1.29, 1.82) is 0 Å². The Labute approximate surface area is 116 Å². The first-order chi connectivity index (χ1) is 8.75. The van der Waals surface area contributed by atoms with Crippen LogP contribution in [-0.4, -0.2) is 12.6 Å². The van der Waals surface area contributed by atoms with Gasteiger partial charge in [-0.1, -0.05) is 26.8 Å². The highest BCUT2D eigenvalue weighted by Gasteiger charge is 2.26. The van der Waals surface area contributed by atoms with E-state index in [9.17, 15) is 4.39 Å². The first-order valence-corrected chi connectivity index (χ1v) is 6.92. The van der Waals surface area contributed by atoms with Crippen molar-refractivity contribution < 1.29 is 9.13 Å². The van der Waals surface area contributed by atoms with Gasteiger partial charge in [0, 0.05) is 0 Å². The van der Waals surface area contributed by atoms with Crippen LogP contribution < -0.4 is 10.5 Å². The Morgan fingerprint density at radius 2 is 1.89 bits per heavy atom. The zero-order valence-corrected chi connectivity index (χ0v) is 12.7. The van der Waals surface area contributed by atoms with Crippen LogP contribution >= 0.6 is 0 Å². The molecule has 0 aliphatic carbocycles. The van der Waals surface area contributed by atoms with E-state index in [1.54, 1.807) is 12.1 Å². The second-order valence-corrected chi connectivity index (χ2v) is 6.35. The van der Waals surface area contributed by atoms with Crippen LogP contribution in [0.3, 0.4) is 0 Å². The molecule has 1 aromatic rings. The highest BCUT2D eigenvalue weighted by atomic mass is 19.1. The molecular weight excluding hydrogens is 241 g/mol. The summed E-state index contributed by atoms with van der Waals surface area (Å²) < 4.78 is 19.5. The van der Waals surface area contributed by atoms with Gasteiger partial charge >= 0.3 is 0 Å². The summed E-state index contributed by atoms with van der Waals surface area (Å²) >= 11 is 0. The van der Waals surface area contributed by atoms with Gasteiger partial charge in [0.2, 0.25) is 0 Å². The molecule has 0 fully saturated rings. The summed E-state index contributed by atoms with van der Waals surface area (Å²) in [5, 5.41) is 0. The van der Waals surface area contributed by atoms with E-state index < -0.39 is 0 Å². The molecule has 19 heavy (non-hydrogen) atoms. The molecule has 0 amide bonds. The quantitative estimate of drug-likeness (QED) is 0.872. The maximum absolute atomic E-state index is 14.0. The fourth-order valence-electron chi connectivity index (χ4n) is 2.35. The molecular formula is C16H26FNO. The SMILES string of the molecule is CC(C)Oc1ccc(C(CCN)C(C)(C)C)cc1F. The molecule has 0 aromatic heterocycles. The summed E-state index contributed by atoms with van der Waals surface area (Å²) in [6.45, 7) is 10.9. The third kappa shape index (κ3) is 4.50. The molecule has 0 spiro atoms. The molecule has 1 atom stereocenters. The molecule has 0 radical (unpaired) electrons. The summed E-state index contributed by atoms with van der Waals surface area (Å²) in [7, 11) is 0. The van der Waals surface area contributed by atoms with E-state index >= 15 is 0 Å². The van der Waals surface area contributed by atoms with Crippen molar-refractivity contribution in [2.45, 2.75) is 53.1 Å². The smallest absolute Gasteiger partial charge is 0.165 e. The minimum atomic E-state index is -0.294. The van der Waals surface area contributed by atoms with Crippen LogP contribution in [0.25, 0.3) is 0 Å². The first kappa shape index (κ1) is 16.0. The van der Waals surface area contributed by atoms with Crippen LogP contribution in [0.1, 0.15) is 52.5 Å². The normalized spacial score (nSPS) is 13.7. The predicted molar refractivity (Wildman–Crippen MR) is 78.0 cm³/mol. The van der Waals surface area contributed by atoms with Gasteiger partial charge in [0.1, 0.15) is 0 Å². The minimum absolute atomic E-state index is 0.0252. The van der Waals surface area contributed by atoms with Gasteiger partial charge in [-0.2, -0.15) is 0 Å². The van der Waals surface area contributed by atoms with E-state index in [0.717, 1.165) is 12.0 Å². The third-order valence-electron chi connectivity index (χ3n) is 3.22. The molecule has 1 aromatic carbocycles. The number of hydrogen-bond donors (Lipinski definition) is 1. The number of hydrogen-bond acceptors (Lipinski definition) is 2. The molecule has 1 rings (SSSR count). The maximum atomic E-state index is 14.0. The third-order valence-corrected chi connectivity index (χ3v) is 3.22. The number of halogens is 1. The van der Waals surface area contributed by atoms with Crippen LogP contribution in [-0.2, 0) is 0 Å². The van der Waals surface area contributed by atoms with E-state index in [4.69, 9.17) is 10.5 Å². The van der Waals surface area contributed by atoms with E-state index in [1.165, 1.54) is 0 Å². The molecule has 1 unspecified atom stereocenters. The lowest BCUT2D eigenvalue weighted by Gasteiger charge is -2.31. The van der Waals surface area contributed by atoms with E-state index in [1.807, 2.05) is 19.9 Å². The van der Waals surface area contributed by atoms with Crippen LogP contribution in [0, 0.1) is 11.2 Å². The van der Waals surface area contributed by atoms with Crippen molar-refractivity contribution in [3.63, 3.8) is 0 Å². The van der Waals surface area contributed by atoms with Gasteiger partial charge in [0.25, 0.3) is 0 Å². The van der Waals surface area contributed by atoms with Gasteiger partial charge in [0.05, 0.1) is 6.10 Å². The number of benzene rings is 1. The molecule has 0 saturated carbocycles. The van der Waals surface area contributed by atoms with Gasteiger partial charge in [-0.25, -0.2) is 4.39 Å². The van der Waals surface area contributed by atoms with Gasteiger partial charge in [-0.3, -0.25) is 0 Å². The summed E-state index contributed by atoms with van der Waals surface area (Å²) in [5.41, 5.74) is 6.73. The number of rotatable bonds is 5. The number of ether oxygens (including phenoxy) is 1. The Kier molecular flexibility index (Phi) is 5.36. The highest BCUT2D eigenvalue weighted by molar-refractivity contribution is 5.32. The Bertz CT molecular complexity index is 410. The van der Waals surface area contributed by atoms with Gasteiger partial charge in [-0.05, 0) is 55.8 Å². The van der Waals surface area contributed by atoms with Crippen molar-refractivity contribution in [3.05, 3.63) is 29.6 Å². The van der Waals surface area contributed by atoms with Crippen molar-refractivity contribution in [3.8, 4) is 5.75 Å². The Balaban J connectivity index is 3.03. The predicted octanol–water partition coefficient (Wildman–Crippen LogP) is 4.09. The fourth-order valence-corrected chi connectivity index (χ4v) is 2.35. The summed E-state index contributed by atoms with van der Waals surface area (Å²) in [4.78, 5) is 0. The zero-order chi connectivity index (χ0) is 14.6. The van der Waals surface area contributed by atoms with Gasteiger partial charge in [0.15, 0.2) is 11.6 Å². The zero-order valence-electron chi connectivity index (χ0n) is 12.7. The van der Waals surface area contributed by atoms with Crippen LogP contribution in [0.4, 0.5) is 4.39 Å². The molecule has 0 saturated heterocycles. The summed E-state index contributed by atoms with van der Waals surface area (Å²) in [6, 6.07) is 5.26. The number of nitrogens with two attached hydrogens (primary N) is 1. The molecule has 0 aliphatic heterocycles. The molecule has 108 valence electrons. The van der Waals surface area contributed by atoms with Gasteiger partial charge < -0.3 is 10.5 Å². The molecule has 2 nitrogen and oxygen atoms in total. The molecule has 0 bridgehead atoms. The van der Waals surface area contributed by atoms with E-state index in [2.05, 4.69) is 20.8 Å². The van der Waals surface area contributed by atoms with Crippen LogP contribution in [0.2, 0.25) is 0 Å². The molecule has 3 heteroatoms. The van der Waals surface area contributed by atoms with Crippen molar-refractivity contribution >= 4 is 0 Å². The largest absolute Gasteiger partial charge is 0.488 e. The lowest BCUT2D eigenvalue weighted by molar-refractivity contribution is 0.230. The monoisotopic (exact) mass is 267 g/mol. The van der Waals surface area contributed by atoms with Gasteiger partial charge in [-0.15, -0.1) is 0 Å². The first-order valence-electron chi connectivity index (χ1n) is 6.92. The Hall–Kier alpha value is -1.09.